The molecule has 78 valence electrons. The van der Waals surface area contributed by atoms with Crippen molar-refractivity contribution in [1.29, 1.82) is 0 Å². The lowest BCUT2D eigenvalue weighted by Crippen LogP contribution is -2.39. The van der Waals surface area contributed by atoms with E-state index in [0.717, 1.165) is 13.2 Å². The van der Waals surface area contributed by atoms with Crippen LogP contribution in [0.15, 0.2) is 0 Å². The zero-order chi connectivity index (χ0) is 9.73. The van der Waals surface area contributed by atoms with Crippen molar-refractivity contribution >= 4 is 0 Å². The molecule has 3 nitrogen and oxygen atoms in total. The van der Waals surface area contributed by atoms with Gasteiger partial charge in [0.2, 0.25) is 0 Å². The Hall–Kier alpha value is -0.120. The molecule has 0 aromatic heterocycles. The van der Waals surface area contributed by atoms with Crippen molar-refractivity contribution < 1.29 is 9.84 Å². The summed E-state index contributed by atoms with van der Waals surface area (Å²) >= 11 is 0. The van der Waals surface area contributed by atoms with E-state index in [2.05, 4.69) is 5.32 Å². The van der Waals surface area contributed by atoms with Crippen LogP contribution in [0.25, 0.3) is 0 Å². The monoisotopic (exact) mass is 187 g/mol. The third-order valence-corrected chi connectivity index (χ3v) is 2.19. The van der Waals surface area contributed by atoms with Crippen molar-refractivity contribution in [3.05, 3.63) is 0 Å². The number of aliphatic hydroxyl groups is 1. The maximum Gasteiger partial charge on any atom is 0.0824 e. The number of piperidine rings is 1. The highest BCUT2D eigenvalue weighted by molar-refractivity contribution is 4.72. The van der Waals surface area contributed by atoms with E-state index in [9.17, 15) is 5.11 Å². The first-order chi connectivity index (χ1) is 6.08. The average molecular weight is 187 g/mol. The van der Waals surface area contributed by atoms with E-state index < -0.39 is 5.60 Å². The van der Waals surface area contributed by atoms with Gasteiger partial charge in [-0.25, -0.2) is 0 Å². The maximum atomic E-state index is 9.40. The summed E-state index contributed by atoms with van der Waals surface area (Å²) in [6.07, 6.45) is 3.78. The summed E-state index contributed by atoms with van der Waals surface area (Å²) < 4.78 is 5.43. The molecule has 0 aromatic carbocycles. The van der Waals surface area contributed by atoms with Gasteiger partial charge in [-0.05, 0) is 33.2 Å². The Kier molecular flexibility index (Phi) is 4.16. The van der Waals surface area contributed by atoms with Gasteiger partial charge in [0.25, 0.3) is 0 Å². The lowest BCUT2D eigenvalue weighted by Gasteiger charge is -2.25. The molecule has 1 fully saturated rings. The maximum absolute atomic E-state index is 9.40. The molecule has 1 atom stereocenters. The molecular formula is C10H21NO2. The van der Waals surface area contributed by atoms with Gasteiger partial charge in [-0.2, -0.15) is 0 Å². The summed E-state index contributed by atoms with van der Waals surface area (Å²) in [4.78, 5) is 0. The van der Waals surface area contributed by atoms with E-state index >= 15 is 0 Å². The van der Waals surface area contributed by atoms with Gasteiger partial charge < -0.3 is 15.2 Å². The number of rotatable bonds is 4. The summed E-state index contributed by atoms with van der Waals surface area (Å²) in [5.74, 6) is 0. The third-order valence-electron chi connectivity index (χ3n) is 2.19. The molecule has 1 aliphatic rings. The first-order valence-corrected chi connectivity index (χ1v) is 5.11. The average Bonchev–Trinajstić information content (AvgIpc) is 2.04. The second-order valence-electron chi connectivity index (χ2n) is 4.47. The van der Waals surface area contributed by atoms with Crippen molar-refractivity contribution in [1.82, 2.24) is 5.32 Å². The van der Waals surface area contributed by atoms with E-state index in [0.29, 0.717) is 12.6 Å². The van der Waals surface area contributed by atoms with Crippen LogP contribution < -0.4 is 5.32 Å². The van der Waals surface area contributed by atoms with Crippen LogP contribution in [0.1, 0.15) is 33.1 Å². The van der Waals surface area contributed by atoms with Gasteiger partial charge in [-0.1, -0.05) is 6.42 Å². The van der Waals surface area contributed by atoms with E-state index in [-0.39, 0.29) is 0 Å². The number of hydrogen-bond donors (Lipinski definition) is 2. The van der Waals surface area contributed by atoms with Crippen molar-refractivity contribution in [2.75, 3.05) is 19.8 Å². The lowest BCUT2D eigenvalue weighted by atomic mass is 10.1. The Labute approximate surface area is 80.5 Å². The van der Waals surface area contributed by atoms with Gasteiger partial charge in [0.1, 0.15) is 0 Å². The third kappa shape index (κ3) is 5.24. The van der Waals surface area contributed by atoms with Gasteiger partial charge in [0, 0.05) is 6.04 Å². The molecule has 1 heterocycles. The fraction of sp³-hybridized carbons (Fsp3) is 1.00. The highest BCUT2D eigenvalue weighted by Gasteiger charge is 2.16. The molecule has 0 radical (unpaired) electrons. The van der Waals surface area contributed by atoms with Crippen LogP contribution in [0.4, 0.5) is 0 Å². The normalized spacial score (nSPS) is 24.7. The summed E-state index contributed by atoms with van der Waals surface area (Å²) in [5.41, 5.74) is -0.700. The second-order valence-corrected chi connectivity index (χ2v) is 4.47. The molecule has 1 rings (SSSR count). The van der Waals surface area contributed by atoms with Crippen LogP contribution >= 0.6 is 0 Å². The number of hydrogen-bond acceptors (Lipinski definition) is 3. The minimum absolute atomic E-state index is 0.422. The molecule has 2 N–H and O–H groups in total. The van der Waals surface area contributed by atoms with Gasteiger partial charge in [0.15, 0.2) is 0 Å². The highest BCUT2D eigenvalue weighted by atomic mass is 16.5. The molecule has 13 heavy (non-hydrogen) atoms. The molecule has 3 heteroatoms. The Balaban J connectivity index is 2.04. The van der Waals surface area contributed by atoms with E-state index in [1.807, 2.05) is 0 Å². The van der Waals surface area contributed by atoms with Crippen LogP contribution in [0.5, 0.6) is 0 Å². The Morgan fingerprint density at radius 3 is 2.77 bits per heavy atom. The quantitative estimate of drug-likeness (QED) is 0.687. The zero-order valence-corrected chi connectivity index (χ0v) is 8.68. The Bertz CT molecular complexity index is 136. The predicted molar refractivity (Wildman–Crippen MR) is 52.8 cm³/mol. The molecule has 0 amide bonds. The summed E-state index contributed by atoms with van der Waals surface area (Å²) in [6, 6.07) is 0.496. The molecule has 0 saturated carbocycles. The molecular weight excluding hydrogens is 166 g/mol. The Morgan fingerprint density at radius 1 is 1.46 bits per heavy atom. The second kappa shape index (κ2) is 4.94. The minimum Gasteiger partial charge on any atom is -0.388 e. The topological polar surface area (TPSA) is 41.5 Å². The lowest BCUT2D eigenvalue weighted by molar-refractivity contribution is -0.0278. The van der Waals surface area contributed by atoms with Gasteiger partial charge >= 0.3 is 0 Å². The van der Waals surface area contributed by atoms with Crippen LogP contribution in [-0.2, 0) is 4.74 Å². The van der Waals surface area contributed by atoms with E-state index in [4.69, 9.17) is 4.74 Å². The van der Waals surface area contributed by atoms with Crippen molar-refractivity contribution in [3.8, 4) is 0 Å². The standard InChI is InChI=1S/C10H21NO2/c1-10(2,12)8-13-7-9-5-3-4-6-11-9/h9,11-12H,3-8H2,1-2H3. The van der Waals surface area contributed by atoms with Gasteiger partial charge in [-0.15, -0.1) is 0 Å². The van der Waals surface area contributed by atoms with Crippen LogP contribution in [0.2, 0.25) is 0 Å². The molecule has 1 saturated heterocycles. The van der Waals surface area contributed by atoms with Crippen molar-refractivity contribution in [2.45, 2.75) is 44.8 Å². The van der Waals surface area contributed by atoms with Crippen LogP contribution in [0.3, 0.4) is 0 Å². The molecule has 0 bridgehead atoms. The Morgan fingerprint density at radius 2 is 2.23 bits per heavy atom. The summed E-state index contributed by atoms with van der Waals surface area (Å²) in [5, 5.41) is 12.8. The summed E-state index contributed by atoms with van der Waals surface area (Å²) in [7, 11) is 0. The molecule has 0 aromatic rings. The van der Waals surface area contributed by atoms with Gasteiger partial charge in [0.05, 0.1) is 18.8 Å². The molecule has 1 aliphatic heterocycles. The van der Waals surface area contributed by atoms with Crippen LogP contribution in [0, 0.1) is 0 Å². The fourth-order valence-electron chi connectivity index (χ4n) is 1.52. The van der Waals surface area contributed by atoms with Crippen LogP contribution in [-0.4, -0.2) is 36.5 Å². The first-order valence-electron chi connectivity index (χ1n) is 5.11. The molecule has 1 unspecified atom stereocenters. The van der Waals surface area contributed by atoms with Gasteiger partial charge in [-0.3, -0.25) is 0 Å². The summed E-state index contributed by atoms with van der Waals surface area (Å²) in [6.45, 7) is 5.79. The zero-order valence-electron chi connectivity index (χ0n) is 8.68. The van der Waals surface area contributed by atoms with Crippen molar-refractivity contribution in [3.63, 3.8) is 0 Å². The number of nitrogens with one attached hydrogen (secondary N) is 1. The molecule has 0 aliphatic carbocycles. The first kappa shape index (κ1) is 11.0. The largest absolute Gasteiger partial charge is 0.388 e. The SMILES string of the molecule is CC(C)(O)COCC1CCCCN1. The van der Waals surface area contributed by atoms with E-state index in [1.165, 1.54) is 19.3 Å². The fourth-order valence-corrected chi connectivity index (χ4v) is 1.52. The predicted octanol–water partition coefficient (Wildman–Crippen LogP) is 0.916. The highest BCUT2D eigenvalue weighted by Crippen LogP contribution is 2.08. The minimum atomic E-state index is -0.700. The number of ether oxygens (including phenoxy) is 1. The molecule has 0 spiro atoms. The smallest absolute Gasteiger partial charge is 0.0824 e. The van der Waals surface area contributed by atoms with E-state index in [1.54, 1.807) is 13.8 Å². The van der Waals surface area contributed by atoms with Crippen molar-refractivity contribution in [2.24, 2.45) is 0 Å².